The van der Waals surface area contributed by atoms with Crippen LogP contribution in [0.5, 0.6) is 0 Å². The lowest BCUT2D eigenvalue weighted by molar-refractivity contribution is 1.02. The molecule has 0 aliphatic heterocycles. The minimum absolute atomic E-state index is 0.584. The van der Waals surface area contributed by atoms with Crippen LogP contribution in [0.2, 0.25) is 0 Å². The maximum Gasteiger partial charge on any atom is 0.0404 e. The lowest BCUT2D eigenvalue weighted by Crippen LogP contribution is -2.16. The first kappa shape index (κ1) is 12.1. The van der Waals surface area contributed by atoms with E-state index in [2.05, 4.69) is 50.1 Å². The Labute approximate surface area is 97.4 Å². The van der Waals surface area contributed by atoms with Crippen LogP contribution in [-0.2, 0) is 0 Å². The Hall–Kier alpha value is -0.950. The molecule has 0 fully saturated rings. The lowest BCUT2D eigenvalue weighted by Gasteiger charge is -2.18. The number of allylic oxidation sites excluding steroid dienone is 1. The van der Waals surface area contributed by atoms with Crippen LogP contribution in [0.15, 0.2) is 30.4 Å². The van der Waals surface area contributed by atoms with Crippen LogP contribution in [0.3, 0.4) is 0 Å². The zero-order chi connectivity index (χ0) is 11.3. The summed E-state index contributed by atoms with van der Waals surface area (Å²) in [6.45, 7) is 5.15. The van der Waals surface area contributed by atoms with E-state index in [9.17, 15) is 0 Å². The molecule has 0 aliphatic rings. The number of alkyl halides is 1. The highest BCUT2D eigenvalue weighted by Gasteiger charge is 1.99. The normalized spacial score (nSPS) is 10.9. The summed E-state index contributed by atoms with van der Waals surface area (Å²) >= 11 is 5.58. The molecule has 0 saturated heterocycles. The van der Waals surface area contributed by atoms with E-state index >= 15 is 0 Å². The highest BCUT2D eigenvalue weighted by Crippen LogP contribution is 2.17. The molecule has 82 valence electrons. The molecule has 0 aliphatic carbocycles. The van der Waals surface area contributed by atoms with Crippen LogP contribution >= 0.6 is 11.6 Å². The van der Waals surface area contributed by atoms with Gasteiger partial charge in [0.1, 0.15) is 0 Å². The van der Waals surface area contributed by atoms with Crippen LogP contribution in [0.4, 0.5) is 5.69 Å². The third kappa shape index (κ3) is 3.96. The van der Waals surface area contributed by atoms with Gasteiger partial charge in [-0.25, -0.2) is 0 Å². The highest BCUT2D eigenvalue weighted by atomic mass is 35.5. The maximum absolute atomic E-state index is 5.58. The molecular weight excluding hydrogens is 206 g/mol. The van der Waals surface area contributed by atoms with Crippen molar-refractivity contribution < 1.29 is 0 Å². The SMILES string of the molecule is Cc1cc(C)cc(N(C)CC=CCCl)c1. The van der Waals surface area contributed by atoms with Crippen LogP contribution < -0.4 is 4.90 Å². The molecule has 0 N–H and O–H groups in total. The van der Waals surface area contributed by atoms with Crippen LogP contribution in [0.25, 0.3) is 0 Å². The van der Waals surface area contributed by atoms with Crippen molar-refractivity contribution in [2.75, 3.05) is 24.4 Å². The summed E-state index contributed by atoms with van der Waals surface area (Å²) in [5.41, 5.74) is 3.86. The minimum Gasteiger partial charge on any atom is -0.371 e. The van der Waals surface area contributed by atoms with Gasteiger partial charge in [-0.3, -0.25) is 0 Å². The fourth-order valence-corrected chi connectivity index (χ4v) is 1.70. The predicted molar refractivity (Wildman–Crippen MR) is 69.0 cm³/mol. The second-order valence-electron chi connectivity index (χ2n) is 3.85. The highest BCUT2D eigenvalue weighted by molar-refractivity contribution is 6.18. The van der Waals surface area contributed by atoms with Gasteiger partial charge in [0, 0.05) is 25.2 Å². The number of hydrogen-bond donors (Lipinski definition) is 0. The smallest absolute Gasteiger partial charge is 0.0404 e. The molecule has 0 heterocycles. The first-order valence-electron chi connectivity index (χ1n) is 5.14. The monoisotopic (exact) mass is 223 g/mol. The third-order valence-corrected chi connectivity index (χ3v) is 2.46. The van der Waals surface area contributed by atoms with Gasteiger partial charge in [0.05, 0.1) is 0 Å². The van der Waals surface area contributed by atoms with Gasteiger partial charge in [-0.05, 0) is 37.1 Å². The summed E-state index contributed by atoms with van der Waals surface area (Å²) in [6.07, 6.45) is 4.06. The summed E-state index contributed by atoms with van der Waals surface area (Å²) in [4.78, 5) is 2.21. The molecule has 0 atom stereocenters. The second kappa shape index (κ2) is 5.82. The van der Waals surface area contributed by atoms with Gasteiger partial charge in [-0.2, -0.15) is 0 Å². The Morgan fingerprint density at radius 2 is 1.73 bits per heavy atom. The van der Waals surface area contributed by atoms with Crippen molar-refractivity contribution in [3.63, 3.8) is 0 Å². The first-order valence-corrected chi connectivity index (χ1v) is 5.67. The summed E-state index contributed by atoms with van der Waals surface area (Å²) in [7, 11) is 2.09. The topological polar surface area (TPSA) is 3.24 Å². The quantitative estimate of drug-likeness (QED) is 0.558. The number of rotatable bonds is 4. The van der Waals surface area contributed by atoms with Gasteiger partial charge < -0.3 is 4.90 Å². The number of benzene rings is 1. The van der Waals surface area contributed by atoms with Gasteiger partial charge in [0.2, 0.25) is 0 Å². The zero-order valence-corrected chi connectivity index (χ0v) is 10.4. The van der Waals surface area contributed by atoms with Gasteiger partial charge in [0.25, 0.3) is 0 Å². The molecule has 0 spiro atoms. The first-order chi connectivity index (χ1) is 7.13. The van der Waals surface area contributed by atoms with E-state index in [0.29, 0.717) is 5.88 Å². The standard InChI is InChI=1S/C13H18ClN/c1-11-8-12(2)10-13(9-11)15(3)7-5-4-6-14/h4-5,8-10H,6-7H2,1-3H3. The van der Waals surface area contributed by atoms with Crippen molar-refractivity contribution in [1.82, 2.24) is 0 Å². The predicted octanol–water partition coefficient (Wildman–Crippen LogP) is 3.53. The van der Waals surface area contributed by atoms with Crippen molar-refractivity contribution in [1.29, 1.82) is 0 Å². The molecular formula is C13H18ClN. The van der Waals surface area contributed by atoms with Gasteiger partial charge >= 0.3 is 0 Å². The molecule has 2 heteroatoms. The minimum atomic E-state index is 0.584. The molecule has 0 radical (unpaired) electrons. The van der Waals surface area contributed by atoms with E-state index in [-0.39, 0.29) is 0 Å². The number of halogens is 1. The van der Waals surface area contributed by atoms with Gasteiger partial charge in [-0.1, -0.05) is 18.2 Å². The number of aryl methyl sites for hydroxylation is 2. The van der Waals surface area contributed by atoms with Crippen molar-refractivity contribution in [2.45, 2.75) is 13.8 Å². The molecule has 1 aromatic rings. The van der Waals surface area contributed by atoms with E-state index in [4.69, 9.17) is 11.6 Å². The molecule has 0 aromatic heterocycles. The Morgan fingerprint density at radius 3 is 2.27 bits per heavy atom. The molecule has 1 aromatic carbocycles. The largest absolute Gasteiger partial charge is 0.371 e. The molecule has 0 saturated carbocycles. The zero-order valence-electron chi connectivity index (χ0n) is 9.63. The Bertz CT molecular complexity index is 324. The Kier molecular flexibility index (Phi) is 4.70. The summed E-state index contributed by atoms with van der Waals surface area (Å²) in [6, 6.07) is 6.58. The van der Waals surface area contributed by atoms with E-state index in [0.717, 1.165) is 6.54 Å². The Balaban J connectivity index is 2.72. The molecule has 0 unspecified atom stereocenters. The maximum atomic E-state index is 5.58. The fraction of sp³-hybridized carbons (Fsp3) is 0.385. The van der Waals surface area contributed by atoms with Crippen molar-refractivity contribution in [3.8, 4) is 0 Å². The van der Waals surface area contributed by atoms with E-state index in [1.54, 1.807) is 0 Å². The fourth-order valence-electron chi connectivity index (χ4n) is 1.57. The third-order valence-electron chi connectivity index (χ3n) is 2.28. The second-order valence-corrected chi connectivity index (χ2v) is 4.16. The number of anilines is 1. The molecule has 0 bridgehead atoms. The van der Waals surface area contributed by atoms with Crippen LogP contribution in [-0.4, -0.2) is 19.5 Å². The number of hydrogen-bond acceptors (Lipinski definition) is 1. The van der Waals surface area contributed by atoms with E-state index < -0.39 is 0 Å². The molecule has 1 rings (SSSR count). The number of nitrogens with zero attached hydrogens (tertiary/aromatic N) is 1. The summed E-state index contributed by atoms with van der Waals surface area (Å²) in [5.74, 6) is 0.584. The molecule has 1 nitrogen and oxygen atoms in total. The van der Waals surface area contributed by atoms with Crippen molar-refractivity contribution in [3.05, 3.63) is 41.5 Å². The number of likely N-dealkylation sites (N-methyl/N-ethyl adjacent to an activating group) is 1. The van der Waals surface area contributed by atoms with E-state index in [1.165, 1.54) is 16.8 Å². The Morgan fingerprint density at radius 1 is 1.13 bits per heavy atom. The van der Waals surface area contributed by atoms with E-state index in [1.807, 2.05) is 6.08 Å². The van der Waals surface area contributed by atoms with Gasteiger partial charge in [-0.15, -0.1) is 11.6 Å². The summed E-state index contributed by atoms with van der Waals surface area (Å²) < 4.78 is 0. The van der Waals surface area contributed by atoms with Crippen LogP contribution in [0, 0.1) is 13.8 Å². The van der Waals surface area contributed by atoms with Gasteiger partial charge in [0.15, 0.2) is 0 Å². The summed E-state index contributed by atoms with van der Waals surface area (Å²) in [5, 5.41) is 0. The molecule has 0 amide bonds. The average Bonchev–Trinajstić information content (AvgIpc) is 2.16. The molecule has 15 heavy (non-hydrogen) atoms. The van der Waals surface area contributed by atoms with Crippen LogP contribution in [0.1, 0.15) is 11.1 Å². The lowest BCUT2D eigenvalue weighted by atomic mass is 10.1. The average molecular weight is 224 g/mol. The van der Waals surface area contributed by atoms with Crippen molar-refractivity contribution >= 4 is 17.3 Å². The van der Waals surface area contributed by atoms with Crippen molar-refractivity contribution in [2.24, 2.45) is 0 Å².